The third-order valence-corrected chi connectivity index (χ3v) is 3.88. The van der Waals surface area contributed by atoms with Gasteiger partial charge in [0.15, 0.2) is 0 Å². The zero-order valence-corrected chi connectivity index (χ0v) is 12.2. The van der Waals surface area contributed by atoms with Gasteiger partial charge in [-0.15, -0.1) is 5.10 Å². The van der Waals surface area contributed by atoms with E-state index in [-0.39, 0.29) is 6.04 Å². The van der Waals surface area contributed by atoms with Crippen LogP contribution in [0.4, 0.5) is 0 Å². The molecule has 0 amide bonds. The fourth-order valence-electron chi connectivity index (χ4n) is 2.07. The second kappa shape index (κ2) is 5.99. The minimum Gasteiger partial charge on any atom is -0.496 e. The predicted octanol–water partition coefficient (Wildman–Crippen LogP) is 2.17. The monoisotopic (exact) mass is 279 g/mol. The van der Waals surface area contributed by atoms with Crippen molar-refractivity contribution in [3.63, 3.8) is 0 Å². The van der Waals surface area contributed by atoms with Crippen LogP contribution < -0.4 is 14.8 Å². The summed E-state index contributed by atoms with van der Waals surface area (Å²) in [4.78, 5) is 1.06. The molecule has 0 saturated carbocycles. The van der Waals surface area contributed by atoms with Crippen LogP contribution in [0.5, 0.6) is 11.5 Å². The van der Waals surface area contributed by atoms with Crippen LogP contribution in [0.3, 0.4) is 0 Å². The Kier molecular flexibility index (Phi) is 4.34. The van der Waals surface area contributed by atoms with E-state index in [0.29, 0.717) is 0 Å². The van der Waals surface area contributed by atoms with Gasteiger partial charge in [0.25, 0.3) is 0 Å². The summed E-state index contributed by atoms with van der Waals surface area (Å²) in [7, 11) is 5.21. The Morgan fingerprint density at radius 1 is 1.21 bits per heavy atom. The molecule has 2 aromatic rings. The van der Waals surface area contributed by atoms with E-state index in [1.807, 2.05) is 32.2 Å². The van der Waals surface area contributed by atoms with Gasteiger partial charge in [-0.1, -0.05) is 10.6 Å². The zero-order valence-electron chi connectivity index (χ0n) is 11.4. The Morgan fingerprint density at radius 2 is 1.84 bits per heavy atom. The number of nitrogens with zero attached hydrogens (tertiary/aromatic N) is 2. The Hall–Kier alpha value is -1.66. The molecule has 1 aromatic carbocycles. The number of nitrogens with one attached hydrogen (secondary N) is 1. The van der Waals surface area contributed by atoms with Crippen LogP contribution in [0.15, 0.2) is 18.2 Å². The molecule has 0 fully saturated rings. The van der Waals surface area contributed by atoms with Crippen molar-refractivity contribution in [3.8, 4) is 11.5 Å². The maximum absolute atomic E-state index is 5.45. The van der Waals surface area contributed by atoms with Crippen LogP contribution in [0.1, 0.15) is 22.2 Å². The molecule has 1 aromatic heterocycles. The Morgan fingerprint density at radius 3 is 2.26 bits per heavy atom. The van der Waals surface area contributed by atoms with Gasteiger partial charge in [-0.3, -0.25) is 0 Å². The molecule has 2 rings (SSSR count). The quantitative estimate of drug-likeness (QED) is 0.909. The topological polar surface area (TPSA) is 56.3 Å². The molecule has 102 valence electrons. The third kappa shape index (κ3) is 2.54. The molecule has 0 saturated heterocycles. The van der Waals surface area contributed by atoms with Crippen LogP contribution in [-0.4, -0.2) is 30.9 Å². The summed E-state index contributed by atoms with van der Waals surface area (Å²) in [6, 6.07) is 5.70. The maximum Gasteiger partial charge on any atom is 0.127 e. The van der Waals surface area contributed by atoms with Gasteiger partial charge in [0.1, 0.15) is 11.5 Å². The lowest BCUT2D eigenvalue weighted by molar-refractivity contribution is 0.379. The molecule has 0 radical (unpaired) electrons. The summed E-state index contributed by atoms with van der Waals surface area (Å²) < 4.78 is 14.9. The normalized spacial score (nSPS) is 12.2. The number of hydrogen-bond acceptors (Lipinski definition) is 6. The second-order valence-corrected chi connectivity index (χ2v) is 4.81. The number of benzene rings is 1. The molecule has 1 unspecified atom stereocenters. The first kappa shape index (κ1) is 13.8. The van der Waals surface area contributed by atoms with Crippen molar-refractivity contribution in [1.82, 2.24) is 14.9 Å². The summed E-state index contributed by atoms with van der Waals surface area (Å²) in [5.74, 6) is 1.57. The van der Waals surface area contributed by atoms with Gasteiger partial charge in [0, 0.05) is 0 Å². The van der Waals surface area contributed by atoms with Crippen molar-refractivity contribution >= 4 is 11.5 Å². The highest BCUT2D eigenvalue weighted by molar-refractivity contribution is 7.05. The van der Waals surface area contributed by atoms with E-state index < -0.39 is 0 Å². The lowest BCUT2D eigenvalue weighted by Crippen LogP contribution is -2.19. The number of hydrogen-bond donors (Lipinski definition) is 1. The van der Waals surface area contributed by atoms with Gasteiger partial charge >= 0.3 is 0 Å². The SMILES string of the molecule is CNC(c1snnc1C)c1c(OC)cccc1OC. The van der Waals surface area contributed by atoms with Crippen LogP contribution in [0.25, 0.3) is 0 Å². The molecule has 1 N–H and O–H groups in total. The second-order valence-electron chi connectivity index (χ2n) is 4.02. The molecular formula is C13H17N3O2S. The van der Waals surface area contributed by atoms with E-state index in [1.165, 1.54) is 11.5 Å². The van der Waals surface area contributed by atoms with Crippen molar-refractivity contribution < 1.29 is 9.47 Å². The molecule has 0 spiro atoms. The van der Waals surface area contributed by atoms with Crippen LogP contribution in [0, 0.1) is 6.92 Å². The number of ether oxygens (including phenoxy) is 2. The van der Waals surface area contributed by atoms with Crippen molar-refractivity contribution in [1.29, 1.82) is 0 Å². The number of rotatable bonds is 5. The van der Waals surface area contributed by atoms with Crippen molar-refractivity contribution in [2.45, 2.75) is 13.0 Å². The zero-order chi connectivity index (χ0) is 13.8. The third-order valence-electron chi connectivity index (χ3n) is 2.99. The van der Waals surface area contributed by atoms with Crippen molar-refractivity contribution in [3.05, 3.63) is 34.3 Å². The number of aryl methyl sites for hydroxylation is 1. The summed E-state index contributed by atoms with van der Waals surface area (Å²) in [5.41, 5.74) is 1.88. The molecule has 1 heterocycles. The van der Waals surface area contributed by atoms with Gasteiger partial charge in [0.2, 0.25) is 0 Å². The van der Waals surface area contributed by atoms with E-state index in [2.05, 4.69) is 14.9 Å². The average molecular weight is 279 g/mol. The minimum absolute atomic E-state index is 0.0499. The standard InChI is InChI=1S/C13H17N3O2S/c1-8-13(19-16-15-8)12(14-2)11-9(17-3)6-5-7-10(11)18-4/h5-7,12,14H,1-4H3. The van der Waals surface area contributed by atoms with E-state index in [1.54, 1.807) is 14.2 Å². The number of aromatic nitrogens is 2. The van der Waals surface area contributed by atoms with Gasteiger partial charge in [-0.2, -0.15) is 0 Å². The predicted molar refractivity (Wildman–Crippen MR) is 75.1 cm³/mol. The fraction of sp³-hybridized carbons (Fsp3) is 0.385. The number of methoxy groups -OCH3 is 2. The Balaban J connectivity index is 2.57. The van der Waals surface area contributed by atoms with Gasteiger partial charge in [0.05, 0.1) is 36.4 Å². The molecule has 5 nitrogen and oxygen atoms in total. The molecule has 0 aliphatic carbocycles. The van der Waals surface area contributed by atoms with E-state index in [9.17, 15) is 0 Å². The molecule has 0 bridgehead atoms. The van der Waals surface area contributed by atoms with Crippen LogP contribution in [-0.2, 0) is 0 Å². The highest BCUT2D eigenvalue weighted by Crippen LogP contribution is 2.38. The molecule has 0 aliphatic rings. The van der Waals surface area contributed by atoms with E-state index in [4.69, 9.17) is 9.47 Å². The lowest BCUT2D eigenvalue weighted by Gasteiger charge is -2.20. The molecule has 1 atom stereocenters. The van der Waals surface area contributed by atoms with Crippen LogP contribution in [0.2, 0.25) is 0 Å². The largest absolute Gasteiger partial charge is 0.496 e. The van der Waals surface area contributed by atoms with E-state index in [0.717, 1.165) is 27.6 Å². The van der Waals surface area contributed by atoms with Gasteiger partial charge < -0.3 is 14.8 Å². The van der Waals surface area contributed by atoms with Crippen molar-refractivity contribution in [2.24, 2.45) is 0 Å². The average Bonchev–Trinajstić information content (AvgIpc) is 2.86. The highest BCUT2D eigenvalue weighted by Gasteiger charge is 2.24. The first-order valence-electron chi connectivity index (χ1n) is 5.90. The smallest absolute Gasteiger partial charge is 0.127 e. The molecule has 19 heavy (non-hydrogen) atoms. The highest BCUT2D eigenvalue weighted by atomic mass is 32.1. The minimum atomic E-state index is -0.0499. The first-order chi connectivity index (χ1) is 9.22. The molecule has 0 aliphatic heterocycles. The summed E-state index contributed by atoms with van der Waals surface area (Å²) >= 11 is 1.38. The fourth-order valence-corrected chi connectivity index (χ4v) is 2.84. The van der Waals surface area contributed by atoms with Gasteiger partial charge in [-0.25, -0.2) is 0 Å². The summed E-state index contributed by atoms with van der Waals surface area (Å²) in [6.07, 6.45) is 0. The van der Waals surface area contributed by atoms with Crippen molar-refractivity contribution in [2.75, 3.05) is 21.3 Å². The summed E-state index contributed by atoms with van der Waals surface area (Å²) in [5, 5.41) is 7.35. The first-order valence-corrected chi connectivity index (χ1v) is 6.67. The molecular weight excluding hydrogens is 262 g/mol. The summed E-state index contributed by atoms with van der Waals surface area (Å²) in [6.45, 7) is 1.95. The lowest BCUT2D eigenvalue weighted by atomic mass is 10.0. The van der Waals surface area contributed by atoms with E-state index >= 15 is 0 Å². The van der Waals surface area contributed by atoms with Gasteiger partial charge in [-0.05, 0) is 37.6 Å². The maximum atomic E-state index is 5.45. The molecule has 6 heteroatoms. The Bertz CT molecular complexity index is 534. The Labute approximate surface area is 116 Å². The van der Waals surface area contributed by atoms with Crippen LogP contribution >= 0.6 is 11.5 Å².